The van der Waals surface area contributed by atoms with E-state index in [1.807, 2.05) is 30.3 Å². The summed E-state index contributed by atoms with van der Waals surface area (Å²) in [6.45, 7) is 1.86. The van der Waals surface area contributed by atoms with Crippen molar-refractivity contribution in [2.45, 2.75) is 38.0 Å². The van der Waals surface area contributed by atoms with Crippen LogP contribution in [0.3, 0.4) is 0 Å². The summed E-state index contributed by atoms with van der Waals surface area (Å²) in [5.41, 5.74) is 0.965. The molecule has 0 amide bonds. The highest BCUT2D eigenvalue weighted by Gasteiger charge is 2.46. The second-order valence-corrected chi connectivity index (χ2v) is 6.57. The summed E-state index contributed by atoms with van der Waals surface area (Å²) >= 11 is 0. The molecule has 3 rings (SSSR count). The average molecular weight is 358 g/mol. The fourth-order valence-corrected chi connectivity index (χ4v) is 3.75. The second kappa shape index (κ2) is 7.36. The number of halogens is 2. The first-order valence-corrected chi connectivity index (χ1v) is 8.67. The van der Waals surface area contributed by atoms with Gasteiger partial charge in [-0.05, 0) is 55.0 Å². The zero-order valence-electron chi connectivity index (χ0n) is 14.6. The highest BCUT2D eigenvalue weighted by Crippen LogP contribution is 2.44. The van der Waals surface area contributed by atoms with Crippen molar-refractivity contribution in [3.05, 3.63) is 70.8 Å². The lowest BCUT2D eigenvalue weighted by atomic mass is 9.72. The summed E-state index contributed by atoms with van der Waals surface area (Å²) in [6, 6.07) is 11.6. The number of ether oxygens (including phenoxy) is 1. The van der Waals surface area contributed by atoms with Crippen molar-refractivity contribution in [1.82, 2.24) is 0 Å². The Morgan fingerprint density at radius 1 is 1.12 bits per heavy atom. The first-order chi connectivity index (χ1) is 12.5. The van der Waals surface area contributed by atoms with Gasteiger partial charge in [-0.1, -0.05) is 30.3 Å². The number of carbonyl (C=O) groups is 2. The van der Waals surface area contributed by atoms with Crippen LogP contribution in [0.2, 0.25) is 0 Å². The van der Waals surface area contributed by atoms with E-state index in [4.69, 9.17) is 4.74 Å². The van der Waals surface area contributed by atoms with Crippen LogP contribution in [0.15, 0.2) is 42.5 Å². The molecule has 0 spiro atoms. The molecule has 0 N–H and O–H groups in total. The minimum atomic E-state index is -1.04. The van der Waals surface area contributed by atoms with Crippen molar-refractivity contribution >= 4 is 11.8 Å². The van der Waals surface area contributed by atoms with Crippen LogP contribution in [0.5, 0.6) is 0 Å². The molecule has 0 radical (unpaired) electrons. The highest BCUT2D eigenvalue weighted by atomic mass is 19.2. The van der Waals surface area contributed by atoms with E-state index in [2.05, 4.69) is 0 Å². The monoisotopic (exact) mass is 358 g/mol. The Bertz CT molecular complexity index is 833. The molecule has 1 aliphatic carbocycles. The van der Waals surface area contributed by atoms with Gasteiger partial charge in [0.1, 0.15) is 6.42 Å². The van der Waals surface area contributed by atoms with E-state index in [1.54, 1.807) is 6.92 Å². The van der Waals surface area contributed by atoms with E-state index >= 15 is 0 Å². The molecule has 2 aromatic rings. The number of fused-ring (bicyclic) bond motifs is 1. The van der Waals surface area contributed by atoms with Crippen LogP contribution < -0.4 is 0 Å². The van der Waals surface area contributed by atoms with Crippen molar-refractivity contribution in [3.63, 3.8) is 0 Å². The molecular weight excluding hydrogens is 338 g/mol. The fraction of sp³-hybridized carbons (Fsp3) is 0.333. The zero-order valence-corrected chi connectivity index (χ0v) is 14.6. The SMILES string of the molecule is CCOC(=O)CC(=O)C1(Cc2ccccc2)CCc2cc(F)c(F)cc21. The Balaban J connectivity index is 2.03. The van der Waals surface area contributed by atoms with Gasteiger partial charge < -0.3 is 4.74 Å². The maximum absolute atomic E-state index is 13.9. The van der Waals surface area contributed by atoms with E-state index < -0.39 is 23.0 Å². The normalized spacial score (nSPS) is 18.4. The molecular formula is C21H20F2O3. The summed E-state index contributed by atoms with van der Waals surface area (Å²) in [6.07, 6.45) is 0.843. The first-order valence-electron chi connectivity index (χ1n) is 8.67. The van der Waals surface area contributed by atoms with Crippen molar-refractivity contribution in [2.24, 2.45) is 0 Å². The Hall–Kier alpha value is -2.56. The van der Waals surface area contributed by atoms with E-state index in [0.29, 0.717) is 30.4 Å². The number of hydrogen-bond donors (Lipinski definition) is 0. The average Bonchev–Trinajstić information content (AvgIpc) is 2.95. The molecule has 0 heterocycles. The zero-order chi connectivity index (χ0) is 18.7. The lowest BCUT2D eigenvalue weighted by molar-refractivity contribution is -0.146. The molecule has 26 heavy (non-hydrogen) atoms. The van der Waals surface area contributed by atoms with Gasteiger partial charge in [-0.3, -0.25) is 9.59 Å². The molecule has 1 aliphatic rings. The lowest BCUT2D eigenvalue weighted by Crippen LogP contribution is -2.37. The van der Waals surface area contributed by atoms with Gasteiger partial charge in [0, 0.05) is 0 Å². The quantitative estimate of drug-likeness (QED) is 0.581. The molecule has 136 valence electrons. The third-order valence-corrected chi connectivity index (χ3v) is 4.98. The van der Waals surface area contributed by atoms with Crippen molar-refractivity contribution < 1.29 is 23.1 Å². The molecule has 0 aromatic heterocycles. The topological polar surface area (TPSA) is 43.4 Å². The Morgan fingerprint density at radius 3 is 2.50 bits per heavy atom. The molecule has 1 atom stereocenters. The molecule has 2 aromatic carbocycles. The van der Waals surface area contributed by atoms with Gasteiger partial charge in [-0.25, -0.2) is 8.78 Å². The van der Waals surface area contributed by atoms with Gasteiger partial charge in [0.2, 0.25) is 0 Å². The number of esters is 1. The summed E-state index contributed by atoms with van der Waals surface area (Å²) < 4.78 is 32.5. The Labute approximate surface area is 151 Å². The smallest absolute Gasteiger partial charge is 0.313 e. The number of carbonyl (C=O) groups excluding carboxylic acids is 2. The molecule has 0 saturated heterocycles. The number of rotatable bonds is 6. The summed E-state index contributed by atoms with van der Waals surface area (Å²) in [5, 5.41) is 0. The predicted molar refractivity (Wildman–Crippen MR) is 92.8 cm³/mol. The van der Waals surface area contributed by atoms with Gasteiger partial charge in [0.25, 0.3) is 0 Å². The third kappa shape index (κ3) is 3.39. The molecule has 5 heteroatoms. The highest BCUT2D eigenvalue weighted by molar-refractivity contribution is 6.02. The number of Topliss-reactive ketones (excluding diaryl/α,β-unsaturated/α-hetero) is 1. The van der Waals surface area contributed by atoms with Crippen LogP contribution in [-0.4, -0.2) is 18.4 Å². The van der Waals surface area contributed by atoms with Gasteiger partial charge in [-0.2, -0.15) is 0 Å². The maximum Gasteiger partial charge on any atom is 0.313 e. The lowest BCUT2D eigenvalue weighted by Gasteiger charge is -2.29. The fourth-order valence-electron chi connectivity index (χ4n) is 3.75. The predicted octanol–water partition coefficient (Wildman–Crippen LogP) is 3.91. The summed E-state index contributed by atoms with van der Waals surface area (Å²) in [7, 11) is 0. The van der Waals surface area contributed by atoms with E-state index in [0.717, 1.165) is 17.7 Å². The van der Waals surface area contributed by atoms with Gasteiger partial charge >= 0.3 is 5.97 Å². The van der Waals surface area contributed by atoms with Crippen LogP contribution in [0.1, 0.15) is 36.5 Å². The van der Waals surface area contributed by atoms with Crippen LogP contribution in [0.25, 0.3) is 0 Å². The number of hydrogen-bond acceptors (Lipinski definition) is 3. The van der Waals surface area contributed by atoms with E-state index in [-0.39, 0.29) is 18.8 Å². The van der Waals surface area contributed by atoms with Crippen LogP contribution in [0.4, 0.5) is 8.78 Å². The number of ketones is 1. The molecule has 0 saturated carbocycles. The van der Waals surface area contributed by atoms with Crippen LogP contribution in [-0.2, 0) is 32.6 Å². The molecule has 0 aliphatic heterocycles. The molecule has 0 bridgehead atoms. The van der Waals surface area contributed by atoms with Gasteiger partial charge in [0.15, 0.2) is 17.4 Å². The second-order valence-electron chi connectivity index (χ2n) is 6.57. The number of benzene rings is 2. The van der Waals surface area contributed by atoms with E-state index in [1.165, 1.54) is 0 Å². The van der Waals surface area contributed by atoms with Crippen LogP contribution >= 0.6 is 0 Å². The minimum absolute atomic E-state index is 0.189. The first kappa shape index (κ1) is 18.2. The minimum Gasteiger partial charge on any atom is -0.466 e. The van der Waals surface area contributed by atoms with Crippen molar-refractivity contribution in [3.8, 4) is 0 Å². The standard InChI is InChI=1S/C21H20F2O3/c1-2-26-20(25)12-19(24)21(13-14-6-4-3-5-7-14)9-8-15-10-17(22)18(23)11-16(15)21/h3-7,10-11H,2,8-9,12-13H2,1H3. The summed E-state index contributed by atoms with van der Waals surface area (Å²) in [4.78, 5) is 25.0. The van der Waals surface area contributed by atoms with Gasteiger partial charge in [-0.15, -0.1) is 0 Å². The molecule has 1 unspecified atom stereocenters. The Morgan fingerprint density at radius 2 is 1.81 bits per heavy atom. The number of aryl methyl sites for hydroxylation is 1. The van der Waals surface area contributed by atoms with Crippen LogP contribution in [0, 0.1) is 11.6 Å². The summed E-state index contributed by atoms with van der Waals surface area (Å²) in [5.74, 6) is -2.81. The van der Waals surface area contributed by atoms with E-state index in [9.17, 15) is 18.4 Å². The Kier molecular flexibility index (Phi) is 5.16. The van der Waals surface area contributed by atoms with Gasteiger partial charge in [0.05, 0.1) is 12.0 Å². The van der Waals surface area contributed by atoms with Crippen molar-refractivity contribution in [2.75, 3.05) is 6.61 Å². The maximum atomic E-state index is 13.9. The van der Waals surface area contributed by atoms with Crippen molar-refractivity contribution in [1.29, 1.82) is 0 Å². The third-order valence-electron chi connectivity index (χ3n) is 4.98. The largest absolute Gasteiger partial charge is 0.466 e. The molecule has 3 nitrogen and oxygen atoms in total. The molecule has 0 fully saturated rings.